The summed E-state index contributed by atoms with van der Waals surface area (Å²) in [6.07, 6.45) is 7.06. The van der Waals surface area contributed by atoms with Gasteiger partial charge in [0.2, 0.25) is 0 Å². The number of rotatable bonds is 5. The largest absolute Gasteiger partial charge is 0.357 e. The van der Waals surface area contributed by atoms with E-state index in [0.29, 0.717) is 19.0 Å². The maximum absolute atomic E-state index is 5.23. The fourth-order valence-electron chi connectivity index (χ4n) is 1.84. The van der Waals surface area contributed by atoms with Crippen molar-refractivity contribution in [2.24, 2.45) is 4.99 Å². The number of benzene rings is 1. The van der Waals surface area contributed by atoms with Crippen LogP contribution in [-0.2, 0) is 6.54 Å². The number of nitrogens with one attached hydrogen (secondary N) is 3. The number of aromatic amines is 1. The normalized spacial score (nSPS) is 10.5. The summed E-state index contributed by atoms with van der Waals surface area (Å²) in [4.78, 5) is 12.0. The van der Waals surface area contributed by atoms with Gasteiger partial charge in [-0.2, -0.15) is 0 Å². The SMILES string of the molecule is C#CCNC(=NCc1ncc(-c2ccccc2)[nH]1)NCC.I. The summed E-state index contributed by atoms with van der Waals surface area (Å²) in [5, 5.41) is 6.17. The molecule has 2 rings (SSSR count). The van der Waals surface area contributed by atoms with E-state index >= 15 is 0 Å². The molecule has 0 saturated heterocycles. The highest BCUT2D eigenvalue weighted by Crippen LogP contribution is 2.16. The average molecular weight is 409 g/mol. The number of hydrogen-bond donors (Lipinski definition) is 3. The minimum absolute atomic E-state index is 0. The van der Waals surface area contributed by atoms with Gasteiger partial charge in [0.05, 0.1) is 18.4 Å². The monoisotopic (exact) mass is 409 g/mol. The number of H-pyrrole nitrogens is 1. The minimum atomic E-state index is 0. The zero-order valence-corrected chi connectivity index (χ0v) is 14.8. The van der Waals surface area contributed by atoms with Crippen LogP contribution in [0.25, 0.3) is 11.3 Å². The number of imidazole rings is 1. The van der Waals surface area contributed by atoms with Crippen LogP contribution in [-0.4, -0.2) is 29.0 Å². The van der Waals surface area contributed by atoms with Crippen LogP contribution in [0.2, 0.25) is 0 Å². The lowest BCUT2D eigenvalue weighted by Crippen LogP contribution is -2.37. The molecule has 22 heavy (non-hydrogen) atoms. The van der Waals surface area contributed by atoms with Gasteiger partial charge in [-0.15, -0.1) is 30.4 Å². The molecule has 2 aromatic rings. The van der Waals surface area contributed by atoms with E-state index in [1.807, 2.05) is 43.5 Å². The summed E-state index contributed by atoms with van der Waals surface area (Å²) in [7, 11) is 0. The first-order chi connectivity index (χ1) is 10.3. The standard InChI is InChI=1S/C16H19N5.HI/c1-3-10-18-16(17-4-2)20-12-15-19-11-14(21-15)13-8-6-5-7-9-13;/h1,5-9,11H,4,10,12H2,2H3,(H,19,21)(H2,17,18,20);1H. The molecule has 0 unspecified atom stereocenters. The highest BCUT2D eigenvalue weighted by molar-refractivity contribution is 14.0. The first kappa shape index (κ1) is 18.0. The Morgan fingerprint density at radius 1 is 1.32 bits per heavy atom. The van der Waals surface area contributed by atoms with E-state index in [1.54, 1.807) is 0 Å². The van der Waals surface area contributed by atoms with Gasteiger partial charge in [0, 0.05) is 6.54 Å². The number of nitrogens with zero attached hydrogens (tertiary/aromatic N) is 2. The summed E-state index contributed by atoms with van der Waals surface area (Å²) < 4.78 is 0. The molecule has 0 atom stereocenters. The van der Waals surface area contributed by atoms with Gasteiger partial charge in [-0.3, -0.25) is 0 Å². The molecule has 0 aliphatic carbocycles. The highest BCUT2D eigenvalue weighted by atomic mass is 127. The van der Waals surface area contributed by atoms with Crippen molar-refractivity contribution in [1.29, 1.82) is 0 Å². The maximum atomic E-state index is 5.23. The summed E-state index contributed by atoms with van der Waals surface area (Å²) in [6.45, 7) is 3.70. The van der Waals surface area contributed by atoms with Crippen molar-refractivity contribution in [3.8, 4) is 23.6 Å². The van der Waals surface area contributed by atoms with E-state index in [9.17, 15) is 0 Å². The second-order valence-corrected chi connectivity index (χ2v) is 4.36. The number of halogens is 1. The molecule has 5 nitrogen and oxygen atoms in total. The molecule has 6 heteroatoms. The molecule has 1 aromatic carbocycles. The van der Waals surface area contributed by atoms with Crippen LogP contribution in [0.1, 0.15) is 12.7 Å². The molecule has 0 aliphatic rings. The molecule has 116 valence electrons. The molecular weight excluding hydrogens is 389 g/mol. The summed E-state index contributed by atoms with van der Waals surface area (Å²) in [6, 6.07) is 10.1. The predicted octanol–water partition coefficient (Wildman–Crippen LogP) is 2.38. The van der Waals surface area contributed by atoms with Crippen molar-refractivity contribution in [3.63, 3.8) is 0 Å². The van der Waals surface area contributed by atoms with Crippen molar-refractivity contribution in [3.05, 3.63) is 42.4 Å². The Morgan fingerprint density at radius 3 is 2.77 bits per heavy atom. The van der Waals surface area contributed by atoms with Crippen LogP contribution < -0.4 is 10.6 Å². The van der Waals surface area contributed by atoms with E-state index in [2.05, 4.69) is 31.5 Å². The highest BCUT2D eigenvalue weighted by Gasteiger charge is 2.03. The predicted molar refractivity (Wildman–Crippen MR) is 101 cm³/mol. The second-order valence-electron chi connectivity index (χ2n) is 4.36. The third-order valence-electron chi connectivity index (χ3n) is 2.80. The van der Waals surface area contributed by atoms with Crippen molar-refractivity contribution in [2.75, 3.05) is 13.1 Å². The Morgan fingerprint density at radius 2 is 2.09 bits per heavy atom. The molecule has 0 spiro atoms. The van der Waals surface area contributed by atoms with E-state index in [4.69, 9.17) is 6.42 Å². The zero-order valence-electron chi connectivity index (χ0n) is 12.5. The first-order valence-electron chi connectivity index (χ1n) is 6.88. The molecule has 0 fully saturated rings. The molecule has 0 radical (unpaired) electrons. The third kappa shape index (κ3) is 5.41. The fraction of sp³-hybridized carbons (Fsp3) is 0.250. The number of hydrogen-bond acceptors (Lipinski definition) is 2. The lowest BCUT2D eigenvalue weighted by atomic mass is 10.2. The van der Waals surface area contributed by atoms with Crippen molar-refractivity contribution in [1.82, 2.24) is 20.6 Å². The number of aromatic nitrogens is 2. The molecular formula is C16H20IN5. The van der Waals surface area contributed by atoms with Crippen molar-refractivity contribution in [2.45, 2.75) is 13.5 Å². The first-order valence-corrected chi connectivity index (χ1v) is 6.88. The molecule has 0 amide bonds. The van der Waals surface area contributed by atoms with Crippen LogP contribution in [0.15, 0.2) is 41.5 Å². The molecule has 3 N–H and O–H groups in total. The summed E-state index contributed by atoms with van der Waals surface area (Å²) >= 11 is 0. The van der Waals surface area contributed by atoms with E-state index in [1.165, 1.54) is 0 Å². The molecule has 0 bridgehead atoms. The van der Waals surface area contributed by atoms with Crippen LogP contribution in [0.5, 0.6) is 0 Å². The quantitative estimate of drug-likeness (QED) is 0.308. The number of aliphatic imine (C=N–C) groups is 1. The topological polar surface area (TPSA) is 65.1 Å². The van der Waals surface area contributed by atoms with E-state index in [0.717, 1.165) is 23.6 Å². The van der Waals surface area contributed by atoms with E-state index in [-0.39, 0.29) is 24.0 Å². The van der Waals surface area contributed by atoms with Gasteiger partial charge in [-0.1, -0.05) is 36.3 Å². The van der Waals surface area contributed by atoms with Gasteiger partial charge in [-0.25, -0.2) is 9.98 Å². The zero-order chi connectivity index (χ0) is 14.9. The Labute approximate surface area is 148 Å². The Balaban J connectivity index is 0.00000242. The summed E-state index contributed by atoms with van der Waals surface area (Å²) in [5.74, 6) is 4.02. The maximum Gasteiger partial charge on any atom is 0.192 e. The fourth-order valence-corrected chi connectivity index (χ4v) is 1.84. The third-order valence-corrected chi connectivity index (χ3v) is 2.80. The van der Waals surface area contributed by atoms with Gasteiger partial charge in [-0.05, 0) is 12.5 Å². The molecule has 0 aliphatic heterocycles. The van der Waals surface area contributed by atoms with Gasteiger partial charge in [0.15, 0.2) is 5.96 Å². The Hall–Kier alpha value is -2.01. The van der Waals surface area contributed by atoms with E-state index < -0.39 is 0 Å². The Bertz CT molecular complexity index is 627. The van der Waals surface area contributed by atoms with Gasteiger partial charge >= 0.3 is 0 Å². The summed E-state index contributed by atoms with van der Waals surface area (Å²) in [5.41, 5.74) is 2.10. The van der Waals surface area contributed by atoms with Crippen molar-refractivity contribution >= 4 is 29.9 Å². The lowest BCUT2D eigenvalue weighted by molar-refractivity contribution is 0.849. The van der Waals surface area contributed by atoms with Crippen LogP contribution in [0.3, 0.4) is 0 Å². The number of guanidine groups is 1. The van der Waals surface area contributed by atoms with Crippen molar-refractivity contribution < 1.29 is 0 Å². The smallest absolute Gasteiger partial charge is 0.192 e. The van der Waals surface area contributed by atoms with Crippen LogP contribution >= 0.6 is 24.0 Å². The van der Waals surface area contributed by atoms with Crippen LogP contribution in [0, 0.1) is 12.3 Å². The molecule has 1 heterocycles. The number of terminal acetylenes is 1. The van der Waals surface area contributed by atoms with Gasteiger partial charge < -0.3 is 15.6 Å². The van der Waals surface area contributed by atoms with Gasteiger partial charge in [0.25, 0.3) is 0 Å². The average Bonchev–Trinajstić information content (AvgIpc) is 3.00. The minimum Gasteiger partial charge on any atom is -0.357 e. The lowest BCUT2D eigenvalue weighted by Gasteiger charge is -2.07. The second kappa shape index (κ2) is 9.84. The molecule has 1 aromatic heterocycles. The van der Waals surface area contributed by atoms with Crippen LogP contribution in [0.4, 0.5) is 0 Å². The Kier molecular flexibility index (Phi) is 8.07. The van der Waals surface area contributed by atoms with Gasteiger partial charge in [0.1, 0.15) is 12.4 Å². The molecule has 0 saturated carbocycles.